The number of rotatable bonds is 3. The average Bonchev–Trinajstić information content (AvgIpc) is 2.54. The van der Waals surface area contributed by atoms with E-state index in [2.05, 4.69) is 18.9 Å². The molecule has 2 heteroatoms. The van der Waals surface area contributed by atoms with Crippen LogP contribution in [0.4, 0.5) is 0 Å². The van der Waals surface area contributed by atoms with Gasteiger partial charge in [0.15, 0.2) is 0 Å². The lowest BCUT2D eigenvalue weighted by atomic mass is 10.1. The minimum atomic E-state index is 0.844. The zero-order chi connectivity index (χ0) is 10.1. The number of likely N-dealkylation sites (tertiary alicyclic amines) is 1. The second-order valence-electron chi connectivity index (χ2n) is 3.61. The number of hydrogen-bond acceptors (Lipinski definition) is 2. The fraction of sp³-hybridized carbons (Fsp3) is 1.00. The van der Waals surface area contributed by atoms with Crippen LogP contribution in [0.1, 0.15) is 33.6 Å². The van der Waals surface area contributed by atoms with Crippen LogP contribution in [0.15, 0.2) is 0 Å². The highest BCUT2D eigenvalue weighted by Crippen LogP contribution is 2.16. The van der Waals surface area contributed by atoms with Gasteiger partial charge in [-0.25, -0.2) is 0 Å². The zero-order valence-electron chi connectivity index (χ0n) is 9.68. The maximum Gasteiger partial charge on any atom is 0.0437 e. The Hall–Kier alpha value is -0.0800. The third kappa shape index (κ3) is 7.03. The van der Waals surface area contributed by atoms with Crippen molar-refractivity contribution in [3.63, 3.8) is 0 Å². The first kappa shape index (κ1) is 12.9. The van der Waals surface area contributed by atoms with Crippen LogP contribution in [0.2, 0.25) is 0 Å². The standard InChI is InChI=1S/C7H15N.C4H10O/c1-3-7-4-5-8(2)6-7;1-3-5-4-2/h7H,3-6H2,1-2H3;3-4H2,1-2H3/t7-;/m1./s1. The third-order valence-corrected chi connectivity index (χ3v) is 2.47. The number of ether oxygens (including phenoxy) is 1. The molecule has 80 valence electrons. The second kappa shape index (κ2) is 8.52. The maximum atomic E-state index is 4.83. The SMILES string of the molecule is CCOCC.CC[C@@H]1CCN(C)C1. The normalized spacial score (nSPS) is 22.6. The van der Waals surface area contributed by atoms with Crippen molar-refractivity contribution < 1.29 is 4.74 Å². The molecule has 0 aromatic rings. The molecule has 0 N–H and O–H groups in total. The summed E-state index contributed by atoms with van der Waals surface area (Å²) in [4.78, 5) is 2.41. The van der Waals surface area contributed by atoms with Gasteiger partial charge in [-0.3, -0.25) is 0 Å². The molecule has 0 unspecified atom stereocenters. The fourth-order valence-corrected chi connectivity index (χ4v) is 1.56. The van der Waals surface area contributed by atoms with Crippen molar-refractivity contribution in [1.82, 2.24) is 4.90 Å². The van der Waals surface area contributed by atoms with Crippen LogP contribution in [-0.2, 0) is 4.74 Å². The summed E-state index contributed by atoms with van der Waals surface area (Å²) in [6.07, 6.45) is 2.79. The van der Waals surface area contributed by atoms with Crippen LogP contribution in [-0.4, -0.2) is 38.3 Å². The molecular weight excluding hydrogens is 162 g/mol. The van der Waals surface area contributed by atoms with Gasteiger partial charge in [0.2, 0.25) is 0 Å². The first-order valence-corrected chi connectivity index (χ1v) is 5.50. The summed E-state index contributed by atoms with van der Waals surface area (Å²) in [5.74, 6) is 1.000. The van der Waals surface area contributed by atoms with Crippen molar-refractivity contribution in [2.24, 2.45) is 5.92 Å². The van der Waals surface area contributed by atoms with Crippen LogP contribution in [0.3, 0.4) is 0 Å². The minimum absolute atomic E-state index is 0.844. The molecule has 1 aliphatic heterocycles. The smallest absolute Gasteiger partial charge is 0.0437 e. The molecular formula is C11H25NO. The topological polar surface area (TPSA) is 12.5 Å². The molecule has 13 heavy (non-hydrogen) atoms. The highest BCUT2D eigenvalue weighted by Gasteiger charge is 2.16. The molecule has 0 aromatic carbocycles. The van der Waals surface area contributed by atoms with Crippen LogP contribution in [0, 0.1) is 5.92 Å². The highest BCUT2D eigenvalue weighted by atomic mass is 16.5. The summed E-state index contributed by atoms with van der Waals surface area (Å²) >= 11 is 0. The zero-order valence-corrected chi connectivity index (χ0v) is 9.68. The van der Waals surface area contributed by atoms with Crippen molar-refractivity contribution in [2.45, 2.75) is 33.6 Å². The van der Waals surface area contributed by atoms with E-state index < -0.39 is 0 Å². The van der Waals surface area contributed by atoms with Gasteiger partial charge >= 0.3 is 0 Å². The number of hydrogen-bond donors (Lipinski definition) is 0. The Labute approximate surface area is 83.3 Å². The predicted octanol–water partition coefficient (Wildman–Crippen LogP) is 2.39. The van der Waals surface area contributed by atoms with Gasteiger partial charge in [0.05, 0.1) is 0 Å². The summed E-state index contributed by atoms with van der Waals surface area (Å²) in [6, 6.07) is 0. The fourth-order valence-electron chi connectivity index (χ4n) is 1.56. The molecule has 1 rings (SSSR count). The van der Waals surface area contributed by atoms with Gasteiger partial charge in [0.1, 0.15) is 0 Å². The molecule has 1 atom stereocenters. The van der Waals surface area contributed by atoms with E-state index in [9.17, 15) is 0 Å². The van der Waals surface area contributed by atoms with E-state index in [-0.39, 0.29) is 0 Å². The average molecular weight is 187 g/mol. The Bertz CT molecular complexity index is 104. The lowest BCUT2D eigenvalue weighted by Crippen LogP contribution is -2.13. The first-order valence-electron chi connectivity index (χ1n) is 5.50. The van der Waals surface area contributed by atoms with Crippen LogP contribution >= 0.6 is 0 Å². The lowest BCUT2D eigenvalue weighted by molar-refractivity contribution is 0.162. The molecule has 0 saturated carbocycles. The largest absolute Gasteiger partial charge is 0.382 e. The van der Waals surface area contributed by atoms with Crippen molar-refractivity contribution in [3.05, 3.63) is 0 Å². The minimum Gasteiger partial charge on any atom is -0.382 e. The van der Waals surface area contributed by atoms with E-state index in [0.717, 1.165) is 19.1 Å². The van der Waals surface area contributed by atoms with E-state index >= 15 is 0 Å². The van der Waals surface area contributed by atoms with E-state index in [1.807, 2.05) is 13.8 Å². The monoisotopic (exact) mass is 187 g/mol. The van der Waals surface area contributed by atoms with Gasteiger partial charge < -0.3 is 9.64 Å². The van der Waals surface area contributed by atoms with E-state index in [1.165, 1.54) is 25.9 Å². The molecule has 1 fully saturated rings. The van der Waals surface area contributed by atoms with Crippen molar-refractivity contribution >= 4 is 0 Å². The highest BCUT2D eigenvalue weighted by molar-refractivity contribution is 4.70. The Morgan fingerprint density at radius 1 is 1.23 bits per heavy atom. The van der Waals surface area contributed by atoms with E-state index in [0.29, 0.717) is 0 Å². The Morgan fingerprint density at radius 2 is 1.85 bits per heavy atom. The molecule has 0 bridgehead atoms. The van der Waals surface area contributed by atoms with E-state index in [1.54, 1.807) is 0 Å². The Kier molecular flexibility index (Phi) is 8.46. The molecule has 2 nitrogen and oxygen atoms in total. The third-order valence-electron chi connectivity index (χ3n) is 2.47. The lowest BCUT2D eigenvalue weighted by Gasteiger charge is -2.05. The first-order chi connectivity index (χ1) is 6.24. The van der Waals surface area contributed by atoms with E-state index in [4.69, 9.17) is 4.74 Å². The molecule has 1 heterocycles. The van der Waals surface area contributed by atoms with Gasteiger partial charge in [-0.1, -0.05) is 13.3 Å². The van der Waals surface area contributed by atoms with Gasteiger partial charge in [-0.15, -0.1) is 0 Å². The molecule has 1 saturated heterocycles. The Morgan fingerprint density at radius 3 is 2.00 bits per heavy atom. The van der Waals surface area contributed by atoms with Crippen molar-refractivity contribution in [1.29, 1.82) is 0 Å². The molecule has 0 spiro atoms. The van der Waals surface area contributed by atoms with Crippen molar-refractivity contribution in [2.75, 3.05) is 33.4 Å². The summed E-state index contributed by atoms with van der Waals surface area (Å²) in [5, 5.41) is 0. The molecule has 0 radical (unpaired) electrons. The van der Waals surface area contributed by atoms with Gasteiger partial charge in [-0.05, 0) is 39.8 Å². The van der Waals surface area contributed by atoms with Gasteiger partial charge in [-0.2, -0.15) is 0 Å². The molecule has 0 aromatic heterocycles. The maximum absolute atomic E-state index is 4.83. The molecule has 0 amide bonds. The van der Waals surface area contributed by atoms with Crippen LogP contribution in [0.5, 0.6) is 0 Å². The predicted molar refractivity (Wildman–Crippen MR) is 58.1 cm³/mol. The van der Waals surface area contributed by atoms with Crippen molar-refractivity contribution in [3.8, 4) is 0 Å². The van der Waals surface area contributed by atoms with Crippen LogP contribution < -0.4 is 0 Å². The summed E-state index contributed by atoms with van der Waals surface area (Å²) < 4.78 is 4.83. The Balaban J connectivity index is 0.000000252. The quantitative estimate of drug-likeness (QED) is 0.672. The second-order valence-corrected chi connectivity index (χ2v) is 3.61. The number of nitrogens with zero attached hydrogens (tertiary/aromatic N) is 1. The summed E-state index contributed by atoms with van der Waals surface area (Å²) in [6.45, 7) is 10.6. The molecule has 0 aliphatic carbocycles. The van der Waals surface area contributed by atoms with Gasteiger partial charge in [0.25, 0.3) is 0 Å². The summed E-state index contributed by atoms with van der Waals surface area (Å²) in [7, 11) is 2.20. The van der Waals surface area contributed by atoms with Gasteiger partial charge in [0, 0.05) is 19.8 Å². The van der Waals surface area contributed by atoms with Crippen LogP contribution in [0.25, 0.3) is 0 Å². The summed E-state index contributed by atoms with van der Waals surface area (Å²) in [5.41, 5.74) is 0. The molecule has 1 aliphatic rings.